The lowest BCUT2D eigenvalue weighted by molar-refractivity contribution is 0.0724. The van der Waals surface area contributed by atoms with Crippen LogP contribution in [0.1, 0.15) is 40.7 Å². The van der Waals surface area contributed by atoms with Gasteiger partial charge in [0.05, 0.1) is 12.1 Å². The molecule has 1 aliphatic heterocycles. The number of piperidine rings is 1. The molecular formula is C20H22N4O. The number of amides is 1. The van der Waals surface area contributed by atoms with Gasteiger partial charge < -0.3 is 4.90 Å². The smallest absolute Gasteiger partial charge is 0.253 e. The largest absolute Gasteiger partial charge is 0.339 e. The fourth-order valence-electron chi connectivity index (χ4n) is 3.45. The molecule has 2 aromatic carbocycles. The maximum atomic E-state index is 12.7. The van der Waals surface area contributed by atoms with Gasteiger partial charge in [0.2, 0.25) is 0 Å². The second-order valence-electron chi connectivity index (χ2n) is 6.73. The molecule has 0 unspecified atom stereocenters. The lowest BCUT2D eigenvalue weighted by Crippen LogP contribution is -2.35. The van der Waals surface area contributed by atoms with E-state index in [1.807, 2.05) is 39.9 Å². The van der Waals surface area contributed by atoms with Crippen LogP contribution in [0.4, 0.5) is 0 Å². The van der Waals surface area contributed by atoms with Crippen molar-refractivity contribution in [1.29, 1.82) is 0 Å². The lowest BCUT2D eigenvalue weighted by atomic mass is 10.1. The Morgan fingerprint density at radius 3 is 2.68 bits per heavy atom. The molecule has 1 aromatic heterocycles. The predicted octanol–water partition coefficient (Wildman–Crippen LogP) is 3.41. The van der Waals surface area contributed by atoms with Crippen molar-refractivity contribution in [3.8, 4) is 0 Å². The molecule has 1 amide bonds. The van der Waals surface area contributed by atoms with Crippen LogP contribution in [-0.2, 0) is 6.54 Å². The van der Waals surface area contributed by atoms with E-state index in [0.29, 0.717) is 12.1 Å². The summed E-state index contributed by atoms with van der Waals surface area (Å²) < 4.78 is 1.90. The standard InChI is InChI=1S/C20H22N4O/c1-15-7-3-4-8-17(15)14-24-19-10-9-16(13-18(19)21-22-24)20(25)23-11-5-2-6-12-23/h3-4,7-10,13H,2,5-6,11-12,14H2,1H3. The van der Waals surface area contributed by atoms with Gasteiger partial charge in [0.1, 0.15) is 5.52 Å². The first kappa shape index (κ1) is 15.8. The van der Waals surface area contributed by atoms with E-state index < -0.39 is 0 Å². The zero-order chi connectivity index (χ0) is 17.2. The molecule has 1 fully saturated rings. The van der Waals surface area contributed by atoms with Crippen molar-refractivity contribution in [2.75, 3.05) is 13.1 Å². The summed E-state index contributed by atoms with van der Waals surface area (Å²) in [5, 5.41) is 8.56. The van der Waals surface area contributed by atoms with Gasteiger partial charge in [-0.1, -0.05) is 29.5 Å². The second kappa shape index (κ2) is 6.67. The van der Waals surface area contributed by atoms with Gasteiger partial charge in [0.25, 0.3) is 5.91 Å². The molecule has 1 aliphatic rings. The van der Waals surface area contributed by atoms with Gasteiger partial charge in [-0.3, -0.25) is 4.79 Å². The van der Waals surface area contributed by atoms with E-state index in [0.717, 1.165) is 37.0 Å². The fraction of sp³-hybridized carbons (Fsp3) is 0.350. The summed E-state index contributed by atoms with van der Waals surface area (Å²) in [6.07, 6.45) is 3.41. The lowest BCUT2D eigenvalue weighted by Gasteiger charge is -2.26. The summed E-state index contributed by atoms with van der Waals surface area (Å²) in [5.41, 5.74) is 4.90. The van der Waals surface area contributed by atoms with Crippen molar-refractivity contribution in [2.24, 2.45) is 0 Å². The summed E-state index contributed by atoms with van der Waals surface area (Å²) in [5.74, 6) is 0.107. The highest BCUT2D eigenvalue weighted by Gasteiger charge is 2.19. The van der Waals surface area contributed by atoms with Crippen LogP contribution < -0.4 is 0 Å². The number of carbonyl (C=O) groups is 1. The van der Waals surface area contributed by atoms with Crippen LogP contribution in [0.15, 0.2) is 42.5 Å². The Morgan fingerprint density at radius 1 is 1.08 bits per heavy atom. The highest BCUT2D eigenvalue weighted by Crippen LogP contribution is 2.19. The number of hydrogen-bond acceptors (Lipinski definition) is 3. The number of benzene rings is 2. The van der Waals surface area contributed by atoms with Crippen LogP contribution in [0.3, 0.4) is 0 Å². The average Bonchev–Trinajstić information content (AvgIpc) is 3.06. The summed E-state index contributed by atoms with van der Waals surface area (Å²) in [7, 11) is 0. The zero-order valence-electron chi connectivity index (χ0n) is 14.5. The predicted molar refractivity (Wildman–Crippen MR) is 97.6 cm³/mol. The van der Waals surface area contributed by atoms with Crippen LogP contribution in [0.5, 0.6) is 0 Å². The molecule has 0 radical (unpaired) electrons. The van der Waals surface area contributed by atoms with Crippen LogP contribution in [0.2, 0.25) is 0 Å². The van der Waals surface area contributed by atoms with E-state index in [-0.39, 0.29) is 5.91 Å². The number of carbonyl (C=O) groups excluding carboxylic acids is 1. The number of nitrogens with zero attached hydrogens (tertiary/aromatic N) is 4. The molecule has 25 heavy (non-hydrogen) atoms. The molecule has 2 heterocycles. The van der Waals surface area contributed by atoms with Crippen molar-refractivity contribution in [2.45, 2.75) is 32.7 Å². The van der Waals surface area contributed by atoms with Crippen LogP contribution >= 0.6 is 0 Å². The van der Waals surface area contributed by atoms with E-state index in [4.69, 9.17) is 0 Å². The number of aryl methyl sites for hydroxylation is 1. The Morgan fingerprint density at radius 2 is 1.88 bits per heavy atom. The molecule has 0 bridgehead atoms. The molecule has 0 saturated carbocycles. The third kappa shape index (κ3) is 3.14. The fourth-order valence-corrected chi connectivity index (χ4v) is 3.45. The van der Waals surface area contributed by atoms with Crippen molar-refractivity contribution < 1.29 is 4.79 Å². The summed E-state index contributed by atoms with van der Waals surface area (Å²) >= 11 is 0. The van der Waals surface area contributed by atoms with Crippen molar-refractivity contribution in [3.05, 3.63) is 59.2 Å². The van der Waals surface area contributed by atoms with E-state index in [9.17, 15) is 4.79 Å². The summed E-state index contributed by atoms with van der Waals surface area (Å²) in [4.78, 5) is 14.6. The van der Waals surface area contributed by atoms with Gasteiger partial charge in [-0.15, -0.1) is 5.10 Å². The minimum Gasteiger partial charge on any atom is -0.339 e. The highest BCUT2D eigenvalue weighted by atomic mass is 16.2. The number of likely N-dealkylation sites (tertiary alicyclic amines) is 1. The molecule has 1 saturated heterocycles. The molecule has 5 nitrogen and oxygen atoms in total. The first-order valence-corrected chi connectivity index (χ1v) is 8.89. The molecule has 0 N–H and O–H groups in total. The topological polar surface area (TPSA) is 51.0 Å². The maximum Gasteiger partial charge on any atom is 0.253 e. The average molecular weight is 334 g/mol. The van der Waals surface area contributed by atoms with Crippen LogP contribution in [-0.4, -0.2) is 38.9 Å². The van der Waals surface area contributed by atoms with Crippen molar-refractivity contribution >= 4 is 16.9 Å². The van der Waals surface area contributed by atoms with E-state index in [1.54, 1.807) is 0 Å². The normalized spacial score (nSPS) is 14.8. The van der Waals surface area contributed by atoms with Gasteiger partial charge in [0.15, 0.2) is 0 Å². The molecule has 128 valence electrons. The molecular weight excluding hydrogens is 312 g/mol. The van der Waals surface area contributed by atoms with E-state index in [2.05, 4.69) is 29.4 Å². The Balaban J connectivity index is 1.60. The highest BCUT2D eigenvalue weighted by molar-refractivity contribution is 5.97. The Hall–Kier alpha value is -2.69. The number of fused-ring (bicyclic) bond motifs is 1. The summed E-state index contributed by atoms with van der Waals surface area (Å²) in [6, 6.07) is 14.0. The van der Waals surface area contributed by atoms with Gasteiger partial charge in [-0.05, 0) is 55.5 Å². The number of rotatable bonds is 3. The molecule has 3 aromatic rings. The minimum atomic E-state index is 0.107. The molecule has 0 aliphatic carbocycles. The van der Waals surface area contributed by atoms with Crippen LogP contribution in [0, 0.1) is 6.92 Å². The first-order chi connectivity index (χ1) is 12.2. The quantitative estimate of drug-likeness (QED) is 0.737. The Bertz CT molecular complexity index is 909. The Labute approximate surface area is 147 Å². The third-order valence-electron chi connectivity index (χ3n) is 4.99. The van der Waals surface area contributed by atoms with Crippen molar-refractivity contribution in [1.82, 2.24) is 19.9 Å². The zero-order valence-corrected chi connectivity index (χ0v) is 14.5. The first-order valence-electron chi connectivity index (χ1n) is 8.89. The van der Waals surface area contributed by atoms with Gasteiger partial charge >= 0.3 is 0 Å². The number of hydrogen-bond donors (Lipinski definition) is 0. The SMILES string of the molecule is Cc1ccccc1Cn1nnc2cc(C(=O)N3CCCCC3)ccc21. The second-order valence-corrected chi connectivity index (χ2v) is 6.73. The molecule has 5 heteroatoms. The number of aromatic nitrogens is 3. The van der Waals surface area contributed by atoms with Gasteiger partial charge in [-0.25, -0.2) is 4.68 Å². The Kier molecular flexibility index (Phi) is 4.22. The van der Waals surface area contributed by atoms with Gasteiger partial charge in [0, 0.05) is 18.7 Å². The van der Waals surface area contributed by atoms with Crippen LogP contribution in [0.25, 0.3) is 11.0 Å². The molecule has 0 atom stereocenters. The van der Waals surface area contributed by atoms with Crippen molar-refractivity contribution in [3.63, 3.8) is 0 Å². The van der Waals surface area contributed by atoms with E-state index in [1.165, 1.54) is 17.5 Å². The monoisotopic (exact) mass is 334 g/mol. The molecule has 4 rings (SSSR count). The molecule has 0 spiro atoms. The van der Waals surface area contributed by atoms with Gasteiger partial charge in [-0.2, -0.15) is 0 Å². The summed E-state index contributed by atoms with van der Waals surface area (Å²) in [6.45, 7) is 4.50. The third-order valence-corrected chi connectivity index (χ3v) is 4.99. The minimum absolute atomic E-state index is 0.107. The van der Waals surface area contributed by atoms with E-state index >= 15 is 0 Å². The maximum absolute atomic E-state index is 12.7.